The van der Waals surface area contributed by atoms with Gasteiger partial charge in [-0.3, -0.25) is 0 Å². The number of fused-ring (bicyclic) bond motifs is 1. The lowest BCUT2D eigenvalue weighted by Gasteiger charge is -1.97. The third-order valence-corrected chi connectivity index (χ3v) is 3.59. The average molecular weight is 271 g/mol. The normalized spacial score (nSPS) is 11.2. The topological polar surface area (TPSA) is 30.9 Å². The number of rotatable bonds is 2. The van der Waals surface area contributed by atoms with Crippen LogP contribution in [-0.2, 0) is 13.5 Å². The van der Waals surface area contributed by atoms with Crippen LogP contribution in [0.1, 0.15) is 5.56 Å². The highest BCUT2D eigenvalue weighted by atomic mass is 79.9. The first kappa shape index (κ1) is 10.6. The maximum atomic E-state index is 13.1. The second-order valence-corrected chi connectivity index (χ2v) is 4.28. The molecule has 15 heavy (non-hydrogen) atoms. The van der Waals surface area contributed by atoms with Crippen LogP contribution in [0.4, 0.5) is 4.39 Å². The Bertz CT molecular complexity index is 505. The van der Waals surface area contributed by atoms with E-state index in [1.807, 2.05) is 11.6 Å². The van der Waals surface area contributed by atoms with Crippen LogP contribution in [0.5, 0.6) is 0 Å². The van der Waals surface area contributed by atoms with Crippen molar-refractivity contribution in [2.24, 2.45) is 12.8 Å². The lowest BCUT2D eigenvalue weighted by Crippen LogP contribution is -2.02. The van der Waals surface area contributed by atoms with Crippen molar-refractivity contribution in [3.05, 3.63) is 34.2 Å². The molecular formula is C11H12BrFN2. The zero-order valence-electron chi connectivity index (χ0n) is 8.43. The summed E-state index contributed by atoms with van der Waals surface area (Å²) in [7, 11) is 1.95. The first-order valence-electron chi connectivity index (χ1n) is 4.77. The zero-order chi connectivity index (χ0) is 11.0. The molecule has 2 nitrogen and oxygen atoms in total. The molecule has 0 atom stereocenters. The third-order valence-electron chi connectivity index (χ3n) is 2.58. The van der Waals surface area contributed by atoms with Gasteiger partial charge in [-0.15, -0.1) is 0 Å². The molecule has 0 aliphatic rings. The molecule has 0 aliphatic heterocycles. The van der Waals surface area contributed by atoms with Gasteiger partial charge < -0.3 is 10.3 Å². The molecule has 0 saturated carbocycles. The highest BCUT2D eigenvalue weighted by Gasteiger charge is 2.12. The van der Waals surface area contributed by atoms with Crippen LogP contribution in [0, 0.1) is 5.82 Å². The van der Waals surface area contributed by atoms with Gasteiger partial charge >= 0.3 is 0 Å². The van der Waals surface area contributed by atoms with Gasteiger partial charge in [0.05, 0.1) is 4.60 Å². The number of nitrogens with zero attached hydrogens (tertiary/aromatic N) is 1. The van der Waals surface area contributed by atoms with E-state index in [1.165, 1.54) is 6.07 Å². The lowest BCUT2D eigenvalue weighted by atomic mass is 10.1. The van der Waals surface area contributed by atoms with Gasteiger partial charge in [-0.05, 0) is 52.7 Å². The molecule has 2 N–H and O–H groups in total. The fraction of sp³-hybridized carbons (Fsp3) is 0.273. The van der Waals surface area contributed by atoms with E-state index in [1.54, 1.807) is 12.1 Å². The summed E-state index contributed by atoms with van der Waals surface area (Å²) in [5, 5.41) is 0.940. The molecule has 0 fully saturated rings. The SMILES string of the molecule is Cn1c(Br)c(CCN)c2cc(F)ccc21. The minimum Gasteiger partial charge on any atom is -0.338 e. The Morgan fingerprint density at radius 2 is 2.20 bits per heavy atom. The molecule has 0 aliphatic carbocycles. The van der Waals surface area contributed by atoms with Crippen molar-refractivity contribution in [3.63, 3.8) is 0 Å². The molecule has 0 radical (unpaired) electrons. The molecule has 0 spiro atoms. The molecule has 0 saturated heterocycles. The number of aromatic nitrogens is 1. The van der Waals surface area contributed by atoms with Gasteiger partial charge in [-0.1, -0.05) is 0 Å². The Morgan fingerprint density at radius 1 is 1.47 bits per heavy atom. The predicted molar refractivity (Wildman–Crippen MR) is 63.3 cm³/mol. The summed E-state index contributed by atoms with van der Waals surface area (Å²) in [6, 6.07) is 4.82. The van der Waals surface area contributed by atoms with Gasteiger partial charge in [0.15, 0.2) is 0 Å². The third kappa shape index (κ3) is 1.68. The molecule has 80 valence electrons. The summed E-state index contributed by atoms with van der Waals surface area (Å²) in [6.45, 7) is 0.564. The van der Waals surface area contributed by atoms with Crippen LogP contribution in [0.3, 0.4) is 0 Å². The molecule has 2 rings (SSSR count). The summed E-state index contributed by atoms with van der Waals surface area (Å²) in [5.74, 6) is -0.209. The van der Waals surface area contributed by atoms with Gasteiger partial charge in [-0.2, -0.15) is 0 Å². The number of nitrogens with two attached hydrogens (primary N) is 1. The van der Waals surface area contributed by atoms with E-state index in [9.17, 15) is 4.39 Å². The van der Waals surface area contributed by atoms with E-state index in [0.29, 0.717) is 6.54 Å². The van der Waals surface area contributed by atoms with Crippen molar-refractivity contribution < 1.29 is 4.39 Å². The number of benzene rings is 1. The highest BCUT2D eigenvalue weighted by molar-refractivity contribution is 9.10. The number of aryl methyl sites for hydroxylation is 1. The van der Waals surface area contributed by atoms with E-state index in [4.69, 9.17) is 5.73 Å². The van der Waals surface area contributed by atoms with Crippen molar-refractivity contribution in [1.82, 2.24) is 4.57 Å². The fourth-order valence-electron chi connectivity index (χ4n) is 1.84. The molecule has 1 aromatic carbocycles. The Balaban J connectivity index is 2.76. The van der Waals surface area contributed by atoms with Crippen molar-refractivity contribution in [1.29, 1.82) is 0 Å². The van der Waals surface area contributed by atoms with E-state index in [2.05, 4.69) is 15.9 Å². The largest absolute Gasteiger partial charge is 0.338 e. The fourth-order valence-corrected chi connectivity index (χ4v) is 2.45. The van der Waals surface area contributed by atoms with Gasteiger partial charge in [-0.25, -0.2) is 4.39 Å². The number of halogens is 2. The molecular weight excluding hydrogens is 259 g/mol. The minimum absolute atomic E-state index is 0.209. The summed E-state index contributed by atoms with van der Waals surface area (Å²) in [4.78, 5) is 0. The summed E-state index contributed by atoms with van der Waals surface area (Å²) in [6.07, 6.45) is 0.751. The first-order chi connectivity index (χ1) is 7.15. The average Bonchev–Trinajstić information content (AvgIpc) is 2.44. The van der Waals surface area contributed by atoms with Crippen LogP contribution in [0.15, 0.2) is 22.8 Å². The van der Waals surface area contributed by atoms with E-state index < -0.39 is 0 Å². The van der Waals surface area contributed by atoms with Crippen molar-refractivity contribution >= 4 is 26.8 Å². The van der Waals surface area contributed by atoms with Crippen LogP contribution in [0.25, 0.3) is 10.9 Å². The van der Waals surface area contributed by atoms with Crippen LogP contribution < -0.4 is 5.73 Å². The first-order valence-corrected chi connectivity index (χ1v) is 5.57. The molecule has 0 bridgehead atoms. The Hall–Kier alpha value is -0.870. The highest BCUT2D eigenvalue weighted by Crippen LogP contribution is 2.30. The van der Waals surface area contributed by atoms with Crippen LogP contribution in [-0.4, -0.2) is 11.1 Å². The number of hydrogen-bond donors (Lipinski definition) is 1. The summed E-state index contributed by atoms with van der Waals surface area (Å²) < 4.78 is 16.1. The predicted octanol–water partition coefficient (Wildman–Crippen LogP) is 2.58. The minimum atomic E-state index is -0.209. The van der Waals surface area contributed by atoms with Crippen LogP contribution >= 0.6 is 15.9 Å². The smallest absolute Gasteiger partial charge is 0.123 e. The molecule has 0 unspecified atom stereocenters. The second-order valence-electron chi connectivity index (χ2n) is 3.53. The Kier molecular flexibility index (Phi) is 2.80. The summed E-state index contributed by atoms with van der Waals surface area (Å²) >= 11 is 3.50. The summed E-state index contributed by atoms with van der Waals surface area (Å²) in [5.41, 5.74) is 7.64. The quantitative estimate of drug-likeness (QED) is 0.894. The molecule has 4 heteroatoms. The lowest BCUT2D eigenvalue weighted by molar-refractivity contribution is 0.629. The van der Waals surface area contributed by atoms with Crippen molar-refractivity contribution in [2.75, 3.05) is 6.54 Å². The maximum absolute atomic E-state index is 13.1. The van der Waals surface area contributed by atoms with E-state index in [-0.39, 0.29) is 5.82 Å². The van der Waals surface area contributed by atoms with Gasteiger partial charge in [0, 0.05) is 18.0 Å². The van der Waals surface area contributed by atoms with Crippen molar-refractivity contribution in [2.45, 2.75) is 6.42 Å². The number of hydrogen-bond acceptors (Lipinski definition) is 1. The van der Waals surface area contributed by atoms with Crippen molar-refractivity contribution in [3.8, 4) is 0 Å². The Morgan fingerprint density at radius 3 is 2.87 bits per heavy atom. The Labute approximate surface area is 96.0 Å². The monoisotopic (exact) mass is 270 g/mol. The van der Waals surface area contributed by atoms with Gasteiger partial charge in [0.1, 0.15) is 5.82 Å². The van der Waals surface area contributed by atoms with E-state index >= 15 is 0 Å². The molecule has 1 heterocycles. The molecule has 0 amide bonds. The van der Waals surface area contributed by atoms with Crippen LogP contribution in [0.2, 0.25) is 0 Å². The maximum Gasteiger partial charge on any atom is 0.123 e. The van der Waals surface area contributed by atoms with Gasteiger partial charge in [0.25, 0.3) is 0 Å². The molecule has 1 aromatic heterocycles. The second kappa shape index (κ2) is 3.94. The van der Waals surface area contributed by atoms with E-state index in [0.717, 1.165) is 27.5 Å². The standard InChI is InChI=1S/C11H12BrFN2/c1-15-10-3-2-7(13)6-9(10)8(4-5-14)11(15)12/h2-3,6H,4-5,14H2,1H3. The van der Waals surface area contributed by atoms with Gasteiger partial charge in [0.2, 0.25) is 0 Å². The zero-order valence-corrected chi connectivity index (χ0v) is 10.0. The molecule has 2 aromatic rings.